The molecule has 4 nitrogen and oxygen atoms in total. The first-order chi connectivity index (χ1) is 13.2. The van der Waals surface area contributed by atoms with Gasteiger partial charge in [-0.05, 0) is 54.8 Å². The Morgan fingerprint density at radius 1 is 1.11 bits per heavy atom. The molecule has 2 amide bonds. The van der Waals surface area contributed by atoms with Gasteiger partial charge in [-0.25, -0.2) is 0 Å². The van der Waals surface area contributed by atoms with Crippen LogP contribution in [0.4, 0.5) is 5.69 Å². The summed E-state index contributed by atoms with van der Waals surface area (Å²) in [6.07, 6.45) is 4.61. The van der Waals surface area contributed by atoms with Gasteiger partial charge in [0.2, 0.25) is 11.8 Å². The van der Waals surface area contributed by atoms with Crippen LogP contribution in [-0.4, -0.2) is 24.6 Å². The Hall–Kier alpha value is -2.27. The second-order valence-corrected chi connectivity index (χ2v) is 8.22. The van der Waals surface area contributed by atoms with Crippen molar-refractivity contribution < 1.29 is 9.59 Å². The van der Waals surface area contributed by atoms with Crippen LogP contribution in [-0.2, 0) is 9.59 Å². The van der Waals surface area contributed by atoms with Crippen LogP contribution in [0.2, 0.25) is 0 Å². The van der Waals surface area contributed by atoms with E-state index in [2.05, 4.69) is 17.4 Å². The second-order valence-electron chi connectivity index (χ2n) is 7.34. The monoisotopic (exact) mass is 380 g/mol. The van der Waals surface area contributed by atoms with Crippen molar-refractivity contribution in [3.05, 3.63) is 60.2 Å². The predicted molar refractivity (Wildman–Crippen MR) is 109 cm³/mol. The van der Waals surface area contributed by atoms with Gasteiger partial charge in [0.15, 0.2) is 0 Å². The summed E-state index contributed by atoms with van der Waals surface area (Å²) < 4.78 is 0. The van der Waals surface area contributed by atoms with Crippen LogP contribution < -0.4 is 10.2 Å². The number of anilines is 1. The smallest absolute Gasteiger partial charge is 0.227 e. The Morgan fingerprint density at radius 3 is 2.44 bits per heavy atom. The van der Waals surface area contributed by atoms with Crippen LogP contribution in [0.15, 0.2) is 59.5 Å². The molecule has 2 fully saturated rings. The van der Waals surface area contributed by atoms with Gasteiger partial charge in [-0.1, -0.05) is 30.3 Å². The van der Waals surface area contributed by atoms with Crippen LogP contribution in [0.3, 0.4) is 0 Å². The summed E-state index contributed by atoms with van der Waals surface area (Å²) in [5.74, 6) is 0.244. The zero-order chi connectivity index (χ0) is 18.8. The molecule has 0 radical (unpaired) electrons. The molecular weight excluding hydrogens is 356 g/mol. The second kappa shape index (κ2) is 7.77. The number of hydrogen-bond acceptors (Lipinski definition) is 3. The van der Waals surface area contributed by atoms with Crippen LogP contribution in [0.25, 0.3) is 0 Å². The van der Waals surface area contributed by atoms with Gasteiger partial charge in [-0.15, -0.1) is 11.8 Å². The number of rotatable bonds is 6. The SMILES string of the molecule is CSc1ccc(N2C[C@@H](C(=O)N[C@H](c3ccccc3)C3CC3)CC2=O)cc1. The molecule has 0 bridgehead atoms. The Balaban J connectivity index is 1.44. The average Bonchev–Trinajstić information content (AvgIpc) is 3.48. The first-order valence-electron chi connectivity index (χ1n) is 9.45. The molecule has 2 atom stereocenters. The highest BCUT2D eigenvalue weighted by molar-refractivity contribution is 7.98. The fraction of sp³-hybridized carbons (Fsp3) is 0.364. The minimum absolute atomic E-state index is 0.00710. The van der Waals surface area contributed by atoms with Crippen molar-refractivity contribution in [2.45, 2.75) is 30.2 Å². The van der Waals surface area contributed by atoms with Gasteiger partial charge in [0.05, 0.1) is 12.0 Å². The Labute approximate surface area is 164 Å². The summed E-state index contributed by atoms with van der Waals surface area (Å²) in [7, 11) is 0. The number of amides is 2. The molecule has 2 aromatic carbocycles. The van der Waals surface area contributed by atoms with Crippen molar-refractivity contribution in [1.29, 1.82) is 0 Å². The maximum absolute atomic E-state index is 12.9. The van der Waals surface area contributed by atoms with E-state index in [-0.39, 0.29) is 30.2 Å². The van der Waals surface area contributed by atoms with Crippen LogP contribution >= 0.6 is 11.8 Å². The van der Waals surface area contributed by atoms with E-state index in [1.807, 2.05) is 48.7 Å². The molecule has 1 saturated carbocycles. The Kier molecular flexibility index (Phi) is 5.21. The molecule has 1 aliphatic heterocycles. The van der Waals surface area contributed by atoms with E-state index < -0.39 is 0 Å². The first-order valence-corrected chi connectivity index (χ1v) is 10.7. The van der Waals surface area contributed by atoms with Crippen molar-refractivity contribution >= 4 is 29.3 Å². The standard InChI is InChI=1S/C22H24N2O2S/c1-27-19-11-9-18(10-12-19)24-14-17(13-20(24)25)22(26)23-21(16-7-8-16)15-5-3-2-4-6-15/h2-6,9-12,16-17,21H,7-8,13-14H2,1H3,(H,23,26)/t17-,21+/m0/s1. The third-order valence-corrected chi connectivity index (χ3v) is 6.17. The molecule has 1 aliphatic carbocycles. The number of carbonyl (C=O) groups excluding carboxylic acids is 2. The lowest BCUT2D eigenvalue weighted by Gasteiger charge is -2.21. The van der Waals surface area contributed by atoms with Gasteiger partial charge < -0.3 is 10.2 Å². The lowest BCUT2D eigenvalue weighted by atomic mass is 10.0. The van der Waals surface area contributed by atoms with Gasteiger partial charge in [-0.3, -0.25) is 9.59 Å². The van der Waals surface area contributed by atoms with Gasteiger partial charge in [0, 0.05) is 23.5 Å². The van der Waals surface area contributed by atoms with E-state index in [1.54, 1.807) is 16.7 Å². The van der Waals surface area contributed by atoms with Crippen molar-refractivity contribution in [3.63, 3.8) is 0 Å². The molecule has 5 heteroatoms. The molecular formula is C22H24N2O2S. The minimum Gasteiger partial charge on any atom is -0.349 e. The predicted octanol–water partition coefficient (Wildman–Crippen LogP) is 4.03. The third kappa shape index (κ3) is 4.03. The van der Waals surface area contributed by atoms with Crippen LogP contribution in [0.1, 0.15) is 30.9 Å². The summed E-state index contributed by atoms with van der Waals surface area (Å²) in [6, 6.07) is 18.2. The summed E-state index contributed by atoms with van der Waals surface area (Å²) in [5.41, 5.74) is 2.03. The fourth-order valence-corrected chi connectivity index (χ4v) is 4.14. The summed E-state index contributed by atoms with van der Waals surface area (Å²) in [5, 5.41) is 3.23. The zero-order valence-electron chi connectivity index (χ0n) is 15.4. The summed E-state index contributed by atoms with van der Waals surface area (Å²) in [6.45, 7) is 0.454. The lowest BCUT2D eigenvalue weighted by molar-refractivity contribution is -0.127. The molecule has 27 heavy (non-hydrogen) atoms. The molecule has 0 aromatic heterocycles. The topological polar surface area (TPSA) is 49.4 Å². The number of carbonyl (C=O) groups is 2. The number of nitrogens with zero attached hydrogens (tertiary/aromatic N) is 1. The van der Waals surface area contributed by atoms with Crippen molar-refractivity contribution in [3.8, 4) is 0 Å². The summed E-state index contributed by atoms with van der Waals surface area (Å²) in [4.78, 5) is 28.3. The molecule has 0 spiro atoms. The highest BCUT2D eigenvalue weighted by Crippen LogP contribution is 2.41. The quantitative estimate of drug-likeness (QED) is 0.770. The Bertz CT molecular complexity index is 818. The largest absolute Gasteiger partial charge is 0.349 e. The number of nitrogens with one attached hydrogen (secondary N) is 1. The van der Waals surface area contributed by atoms with Gasteiger partial charge >= 0.3 is 0 Å². The Morgan fingerprint density at radius 2 is 1.81 bits per heavy atom. The van der Waals surface area contributed by atoms with Gasteiger partial charge in [-0.2, -0.15) is 0 Å². The van der Waals surface area contributed by atoms with Gasteiger partial charge in [0.1, 0.15) is 0 Å². The highest BCUT2D eigenvalue weighted by Gasteiger charge is 2.39. The first kappa shape index (κ1) is 18.1. The van der Waals surface area contributed by atoms with Gasteiger partial charge in [0.25, 0.3) is 0 Å². The number of hydrogen-bond donors (Lipinski definition) is 1. The molecule has 0 unspecified atom stereocenters. The molecule has 4 rings (SSSR count). The summed E-state index contributed by atoms with van der Waals surface area (Å²) >= 11 is 1.67. The van der Waals surface area contributed by atoms with E-state index >= 15 is 0 Å². The maximum atomic E-state index is 12.9. The maximum Gasteiger partial charge on any atom is 0.227 e. The molecule has 1 saturated heterocycles. The fourth-order valence-electron chi connectivity index (χ4n) is 3.73. The molecule has 1 heterocycles. The molecule has 2 aliphatic rings. The van der Waals surface area contributed by atoms with E-state index in [0.29, 0.717) is 12.5 Å². The van der Waals surface area contributed by atoms with Crippen LogP contribution in [0.5, 0.6) is 0 Å². The number of benzene rings is 2. The van der Waals surface area contributed by atoms with E-state index in [0.717, 1.165) is 29.0 Å². The highest BCUT2D eigenvalue weighted by atomic mass is 32.2. The van der Waals surface area contributed by atoms with E-state index in [9.17, 15) is 9.59 Å². The van der Waals surface area contributed by atoms with Crippen molar-refractivity contribution in [2.75, 3.05) is 17.7 Å². The molecule has 2 aromatic rings. The number of thioether (sulfide) groups is 1. The molecule has 140 valence electrons. The zero-order valence-corrected chi connectivity index (χ0v) is 16.2. The lowest BCUT2D eigenvalue weighted by Crippen LogP contribution is -2.36. The normalized spacial score (nSPS) is 20.6. The van der Waals surface area contributed by atoms with Crippen LogP contribution in [0, 0.1) is 11.8 Å². The molecule has 1 N–H and O–H groups in total. The van der Waals surface area contributed by atoms with E-state index in [4.69, 9.17) is 0 Å². The third-order valence-electron chi connectivity index (χ3n) is 5.43. The van der Waals surface area contributed by atoms with Crippen molar-refractivity contribution in [1.82, 2.24) is 5.32 Å². The van der Waals surface area contributed by atoms with Crippen molar-refractivity contribution in [2.24, 2.45) is 11.8 Å². The average molecular weight is 381 g/mol. The van der Waals surface area contributed by atoms with E-state index in [1.165, 1.54) is 0 Å². The minimum atomic E-state index is -0.289.